The van der Waals surface area contributed by atoms with E-state index in [1.165, 1.54) is 0 Å². The minimum atomic E-state index is -1.21. The Balaban J connectivity index is 2.25. The van der Waals surface area contributed by atoms with E-state index < -0.39 is 11.1 Å². The Morgan fingerprint density at radius 2 is 1.26 bits per heavy atom. The van der Waals surface area contributed by atoms with Crippen LogP contribution in [0, 0.1) is 11.3 Å². The highest BCUT2D eigenvalue weighted by Gasteiger charge is 2.44. The maximum Gasteiger partial charge on any atom is 0.147 e. The lowest BCUT2D eigenvalue weighted by Crippen LogP contribution is -2.40. The molecule has 4 heteroatoms. The molecule has 0 spiro atoms. The summed E-state index contributed by atoms with van der Waals surface area (Å²) in [5, 5.41) is 21.8. The zero-order valence-corrected chi connectivity index (χ0v) is 20.1. The van der Waals surface area contributed by atoms with Gasteiger partial charge in [0, 0.05) is 6.42 Å². The van der Waals surface area contributed by atoms with Gasteiger partial charge in [-0.3, -0.25) is 0 Å². The number of aliphatic hydroxyl groups is 1. The summed E-state index contributed by atoms with van der Waals surface area (Å²) in [4.78, 5) is 4.95. The Morgan fingerprint density at radius 1 is 0.824 bits per heavy atom. The number of nitrogens with zero attached hydrogens (tertiary/aromatic N) is 3. The number of aromatic nitrogens is 2. The van der Waals surface area contributed by atoms with Crippen molar-refractivity contribution in [3.05, 3.63) is 125 Å². The van der Waals surface area contributed by atoms with Crippen LogP contribution in [0.15, 0.2) is 91.0 Å². The predicted molar refractivity (Wildman–Crippen MR) is 135 cm³/mol. The highest BCUT2D eigenvalue weighted by atomic mass is 16.3. The molecule has 4 aromatic rings. The SMILES string of the molecule is CCCc1nc(C(C)(O)CC)c(C#N)n1C(c1ccccc1)(c1ccccc1)c1ccccc1. The number of hydrogen-bond donors (Lipinski definition) is 1. The number of benzene rings is 3. The highest BCUT2D eigenvalue weighted by molar-refractivity contribution is 5.54. The summed E-state index contributed by atoms with van der Waals surface area (Å²) in [7, 11) is 0. The van der Waals surface area contributed by atoms with Gasteiger partial charge in [0.15, 0.2) is 0 Å². The van der Waals surface area contributed by atoms with E-state index >= 15 is 0 Å². The average molecular weight is 450 g/mol. The maximum atomic E-state index is 11.3. The van der Waals surface area contributed by atoms with Gasteiger partial charge in [-0.15, -0.1) is 0 Å². The molecule has 0 fully saturated rings. The van der Waals surface area contributed by atoms with Crippen molar-refractivity contribution >= 4 is 0 Å². The zero-order valence-electron chi connectivity index (χ0n) is 20.1. The standard InChI is InChI=1S/C30H31N3O/c1-4-15-27-32-28(29(3,34)5-2)26(22-31)33(27)30(23-16-9-6-10-17-23,24-18-11-7-12-19-24)25-20-13-8-14-21-25/h6-14,16-21,34H,4-5,15H2,1-3H3. The van der Waals surface area contributed by atoms with Gasteiger partial charge in [0.2, 0.25) is 0 Å². The van der Waals surface area contributed by atoms with Crippen molar-refractivity contribution < 1.29 is 5.11 Å². The summed E-state index contributed by atoms with van der Waals surface area (Å²) in [5.41, 5.74) is 1.87. The average Bonchev–Trinajstić information content (AvgIpc) is 3.26. The Hall–Kier alpha value is -3.68. The van der Waals surface area contributed by atoms with Crippen molar-refractivity contribution in [1.29, 1.82) is 5.26 Å². The van der Waals surface area contributed by atoms with Crippen molar-refractivity contribution in [3.63, 3.8) is 0 Å². The lowest BCUT2D eigenvalue weighted by molar-refractivity contribution is 0.0484. The van der Waals surface area contributed by atoms with Crippen molar-refractivity contribution in [2.45, 2.75) is 51.2 Å². The minimum absolute atomic E-state index is 0.395. The molecule has 1 unspecified atom stereocenters. The molecule has 3 aromatic carbocycles. The van der Waals surface area contributed by atoms with Crippen LogP contribution in [0.2, 0.25) is 0 Å². The highest BCUT2D eigenvalue weighted by Crippen LogP contribution is 2.44. The second-order valence-corrected chi connectivity index (χ2v) is 8.86. The van der Waals surface area contributed by atoms with Crippen LogP contribution in [0.25, 0.3) is 0 Å². The molecular formula is C30H31N3O. The number of rotatable bonds is 8. The van der Waals surface area contributed by atoms with Crippen LogP contribution < -0.4 is 0 Å². The van der Waals surface area contributed by atoms with Crippen molar-refractivity contribution in [3.8, 4) is 6.07 Å². The second-order valence-electron chi connectivity index (χ2n) is 8.86. The van der Waals surface area contributed by atoms with Crippen molar-refractivity contribution in [2.24, 2.45) is 0 Å². The van der Waals surface area contributed by atoms with Gasteiger partial charge < -0.3 is 9.67 Å². The summed E-state index contributed by atoms with van der Waals surface area (Å²) in [5.74, 6) is 0.791. The van der Waals surface area contributed by atoms with E-state index in [1.54, 1.807) is 6.92 Å². The molecule has 172 valence electrons. The fraction of sp³-hybridized carbons (Fsp3) is 0.267. The van der Waals surface area contributed by atoms with Gasteiger partial charge in [0.1, 0.15) is 34.4 Å². The zero-order chi connectivity index (χ0) is 24.2. The molecule has 34 heavy (non-hydrogen) atoms. The van der Waals surface area contributed by atoms with Gasteiger partial charge in [-0.2, -0.15) is 5.26 Å². The van der Waals surface area contributed by atoms with Crippen LogP contribution in [0.3, 0.4) is 0 Å². The molecule has 0 aliphatic rings. The molecule has 0 saturated heterocycles. The smallest absolute Gasteiger partial charge is 0.147 e. The van der Waals surface area contributed by atoms with E-state index in [0.717, 1.165) is 28.9 Å². The van der Waals surface area contributed by atoms with Crippen LogP contribution in [0.5, 0.6) is 0 Å². The predicted octanol–water partition coefficient (Wildman–Crippen LogP) is 6.16. The first-order valence-electron chi connectivity index (χ1n) is 11.9. The van der Waals surface area contributed by atoms with Gasteiger partial charge >= 0.3 is 0 Å². The van der Waals surface area contributed by atoms with Gasteiger partial charge in [-0.1, -0.05) is 105 Å². The minimum Gasteiger partial charge on any atom is -0.384 e. The molecule has 4 rings (SSSR count). The van der Waals surface area contributed by atoms with Crippen LogP contribution in [-0.2, 0) is 17.6 Å². The van der Waals surface area contributed by atoms with Gasteiger partial charge in [0.25, 0.3) is 0 Å². The summed E-state index contributed by atoms with van der Waals surface area (Å²) >= 11 is 0. The van der Waals surface area contributed by atoms with E-state index in [0.29, 0.717) is 24.2 Å². The number of nitriles is 1. The topological polar surface area (TPSA) is 61.8 Å². The van der Waals surface area contributed by atoms with E-state index in [4.69, 9.17) is 4.98 Å². The Kier molecular flexibility index (Phi) is 6.68. The number of imidazole rings is 1. The fourth-order valence-corrected chi connectivity index (χ4v) is 4.79. The first-order chi connectivity index (χ1) is 16.5. The molecule has 1 heterocycles. The molecule has 0 aliphatic heterocycles. The molecule has 0 radical (unpaired) electrons. The van der Waals surface area contributed by atoms with Crippen LogP contribution in [-0.4, -0.2) is 14.7 Å². The summed E-state index contributed by atoms with van der Waals surface area (Å²) in [6.07, 6.45) is 2.01. The molecule has 0 saturated carbocycles. The van der Waals surface area contributed by atoms with Crippen LogP contribution in [0.4, 0.5) is 0 Å². The summed E-state index contributed by atoms with van der Waals surface area (Å²) in [6.45, 7) is 5.77. The largest absolute Gasteiger partial charge is 0.384 e. The third-order valence-corrected chi connectivity index (χ3v) is 6.64. The molecule has 1 atom stereocenters. The molecule has 4 nitrogen and oxygen atoms in total. The summed E-state index contributed by atoms with van der Waals surface area (Å²) in [6, 6.07) is 33.3. The molecule has 1 N–H and O–H groups in total. The van der Waals surface area contributed by atoms with Crippen LogP contribution in [0.1, 0.15) is 67.5 Å². The second kappa shape index (κ2) is 9.67. The first-order valence-corrected chi connectivity index (χ1v) is 11.9. The summed E-state index contributed by atoms with van der Waals surface area (Å²) < 4.78 is 2.08. The van der Waals surface area contributed by atoms with E-state index in [-0.39, 0.29) is 0 Å². The number of hydrogen-bond acceptors (Lipinski definition) is 3. The Bertz CT molecular complexity index is 1170. The molecular weight excluding hydrogens is 418 g/mol. The molecule has 1 aromatic heterocycles. The number of aryl methyl sites for hydroxylation is 1. The van der Waals surface area contributed by atoms with Gasteiger partial charge in [0.05, 0.1) is 0 Å². The Morgan fingerprint density at radius 3 is 1.62 bits per heavy atom. The van der Waals surface area contributed by atoms with Crippen molar-refractivity contribution in [2.75, 3.05) is 0 Å². The van der Waals surface area contributed by atoms with Gasteiger partial charge in [-0.05, 0) is 36.5 Å². The molecule has 0 amide bonds. The molecule has 0 bridgehead atoms. The quantitative estimate of drug-likeness (QED) is 0.328. The monoisotopic (exact) mass is 449 g/mol. The van der Waals surface area contributed by atoms with Crippen LogP contribution >= 0.6 is 0 Å². The lowest BCUT2D eigenvalue weighted by atomic mass is 9.76. The maximum absolute atomic E-state index is 11.3. The fourth-order valence-electron chi connectivity index (χ4n) is 4.79. The third kappa shape index (κ3) is 3.83. The van der Waals surface area contributed by atoms with E-state index in [9.17, 15) is 10.4 Å². The van der Waals surface area contributed by atoms with Crippen molar-refractivity contribution in [1.82, 2.24) is 9.55 Å². The molecule has 0 aliphatic carbocycles. The third-order valence-electron chi connectivity index (χ3n) is 6.64. The van der Waals surface area contributed by atoms with E-state index in [1.807, 2.05) is 61.5 Å². The normalized spacial score (nSPS) is 13.3. The van der Waals surface area contributed by atoms with Gasteiger partial charge in [-0.25, -0.2) is 4.98 Å². The van der Waals surface area contributed by atoms with E-state index in [2.05, 4.69) is 54.0 Å². The first kappa shape index (κ1) is 23.5. The Labute approximate surface area is 202 Å². The lowest BCUT2D eigenvalue weighted by Gasteiger charge is -2.39.